The van der Waals surface area contributed by atoms with Crippen LogP contribution in [0.5, 0.6) is 0 Å². The van der Waals surface area contributed by atoms with E-state index >= 15 is 0 Å². The van der Waals surface area contributed by atoms with Gasteiger partial charge >= 0.3 is 12.0 Å². The standard InChI is InChI=1S/C13H14N4O4/c1-8-4-10(17-21-8)7-16-13(20)15-6-9-2-3-11(12(18)19)14-5-9/h2-5H,6-7H2,1H3,(H,18,19)(H2,15,16,20). The summed E-state index contributed by atoms with van der Waals surface area (Å²) < 4.78 is 4.88. The second-order valence-electron chi connectivity index (χ2n) is 4.32. The molecule has 2 heterocycles. The van der Waals surface area contributed by atoms with Crippen LogP contribution in [0, 0.1) is 6.92 Å². The number of carbonyl (C=O) groups is 2. The van der Waals surface area contributed by atoms with Crippen LogP contribution in [0.4, 0.5) is 4.79 Å². The maximum Gasteiger partial charge on any atom is 0.354 e. The molecule has 0 aromatic carbocycles. The molecule has 8 nitrogen and oxygen atoms in total. The van der Waals surface area contributed by atoms with Crippen molar-refractivity contribution in [2.75, 3.05) is 0 Å². The molecule has 21 heavy (non-hydrogen) atoms. The maximum absolute atomic E-state index is 11.6. The van der Waals surface area contributed by atoms with Crippen molar-refractivity contribution in [3.63, 3.8) is 0 Å². The second kappa shape index (κ2) is 6.51. The molecule has 0 radical (unpaired) electrons. The van der Waals surface area contributed by atoms with Crippen molar-refractivity contribution in [2.45, 2.75) is 20.0 Å². The van der Waals surface area contributed by atoms with E-state index in [2.05, 4.69) is 20.8 Å². The SMILES string of the molecule is Cc1cc(CNC(=O)NCc2ccc(C(=O)O)nc2)no1. The summed E-state index contributed by atoms with van der Waals surface area (Å²) in [6, 6.07) is 4.35. The van der Waals surface area contributed by atoms with Gasteiger partial charge in [-0.25, -0.2) is 14.6 Å². The van der Waals surface area contributed by atoms with Gasteiger partial charge in [-0.3, -0.25) is 0 Å². The summed E-state index contributed by atoms with van der Waals surface area (Å²) in [4.78, 5) is 26.0. The number of nitrogens with one attached hydrogen (secondary N) is 2. The van der Waals surface area contributed by atoms with Crippen LogP contribution in [0.15, 0.2) is 28.9 Å². The molecule has 2 aromatic heterocycles. The van der Waals surface area contributed by atoms with E-state index in [-0.39, 0.29) is 24.8 Å². The molecule has 0 atom stereocenters. The predicted molar refractivity (Wildman–Crippen MR) is 71.5 cm³/mol. The highest BCUT2D eigenvalue weighted by Crippen LogP contribution is 2.01. The van der Waals surface area contributed by atoms with Gasteiger partial charge in [-0.15, -0.1) is 0 Å². The van der Waals surface area contributed by atoms with Crippen LogP contribution in [0.2, 0.25) is 0 Å². The fourth-order valence-electron chi connectivity index (χ4n) is 1.57. The van der Waals surface area contributed by atoms with Crippen molar-refractivity contribution in [1.82, 2.24) is 20.8 Å². The molecule has 0 unspecified atom stereocenters. The van der Waals surface area contributed by atoms with Crippen molar-refractivity contribution < 1.29 is 19.2 Å². The molecular formula is C13H14N4O4. The first kappa shape index (κ1) is 14.5. The normalized spacial score (nSPS) is 10.1. The minimum Gasteiger partial charge on any atom is -0.477 e. The van der Waals surface area contributed by atoms with Gasteiger partial charge in [-0.2, -0.15) is 0 Å². The maximum atomic E-state index is 11.6. The fourth-order valence-corrected chi connectivity index (χ4v) is 1.57. The molecule has 0 aliphatic rings. The smallest absolute Gasteiger partial charge is 0.354 e. The van der Waals surface area contributed by atoms with E-state index in [4.69, 9.17) is 9.63 Å². The zero-order chi connectivity index (χ0) is 15.2. The van der Waals surface area contributed by atoms with E-state index in [0.717, 1.165) is 0 Å². The molecule has 110 valence electrons. The van der Waals surface area contributed by atoms with Crippen LogP contribution in [0.25, 0.3) is 0 Å². The van der Waals surface area contributed by atoms with Crippen molar-refractivity contribution in [1.29, 1.82) is 0 Å². The molecule has 2 rings (SSSR count). The number of aromatic nitrogens is 2. The number of carbonyl (C=O) groups excluding carboxylic acids is 1. The van der Waals surface area contributed by atoms with E-state index in [1.165, 1.54) is 12.3 Å². The van der Waals surface area contributed by atoms with Crippen molar-refractivity contribution in [3.05, 3.63) is 47.1 Å². The van der Waals surface area contributed by atoms with Gasteiger partial charge in [0.2, 0.25) is 0 Å². The molecule has 0 saturated carbocycles. The topological polar surface area (TPSA) is 117 Å². The molecule has 0 spiro atoms. The Labute approximate surface area is 120 Å². The van der Waals surface area contributed by atoms with E-state index in [0.29, 0.717) is 17.0 Å². The van der Waals surface area contributed by atoms with Gasteiger partial charge in [0.25, 0.3) is 0 Å². The van der Waals surface area contributed by atoms with Crippen LogP contribution in [-0.4, -0.2) is 27.2 Å². The lowest BCUT2D eigenvalue weighted by Gasteiger charge is -2.06. The Bertz CT molecular complexity index is 636. The Hall–Kier alpha value is -2.90. The first-order chi connectivity index (χ1) is 10.0. The third kappa shape index (κ3) is 4.30. The molecule has 0 aliphatic carbocycles. The lowest BCUT2D eigenvalue weighted by atomic mass is 10.2. The second-order valence-corrected chi connectivity index (χ2v) is 4.32. The number of urea groups is 1. The average Bonchev–Trinajstić information content (AvgIpc) is 2.89. The van der Waals surface area contributed by atoms with Gasteiger partial charge in [-0.1, -0.05) is 11.2 Å². The number of aryl methyl sites for hydroxylation is 1. The van der Waals surface area contributed by atoms with Crippen LogP contribution >= 0.6 is 0 Å². The number of nitrogens with zero attached hydrogens (tertiary/aromatic N) is 2. The summed E-state index contributed by atoms with van der Waals surface area (Å²) >= 11 is 0. The van der Waals surface area contributed by atoms with Crippen molar-refractivity contribution in [3.8, 4) is 0 Å². The quantitative estimate of drug-likeness (QED) is 0.758. The third-order valence-electron chi connectivity index (χ3n) is 2.60. The number of aromatic carboxylic acids is 1. The van der Waals surface area contributed by atoms with Gasteiger partial charge in [0.05, 0.1) is 6.54 Å². The summed E-state index contributed by atoms with van der Waals surface area (Å²) in [6.45, 7) is 2.28. The lowest BCUT2D eigenvalue weighted by Crippen LogP contribution is -2.34. The largest absolute Gasteiger partial charge is 0.477 e. The van der Waals surface area contributed by atoms with E-state index in [1.807, 2.05) is 0 Å². The van der Waals surface area contributed by atoms with Crippen molar-refractivity contribution >= 4 is 12.0 Å². The van der Waals surface area contributed by atoms with Gasteiger partial charge in [-0.05, 0) is 18.6 Å². The van der Waals surface area contributed by atoms with Crippen molar-refractivity contribution in [2.24, 2.45) is 0 Å². The summed E-state index contributed by atoms with van der Waals surface area (Å²) in [5.74, 6) is -0.410. The third-order valence-corrected chi connectivity index (χ3v) is 2.60. The van der Waals surface area contributed by atoms with Gasteiger partial charge < -0.3 is 20.3 Å². The molecule has 0 aliphatic heterocycles. The van der Waals surface area contributed by atoms with Crippen LogP contribution in [0.3, 0.4) is 0 Å². The molecule has 0 saturated heterocycles. The molecule has 2 amide bonds. The minimum absolute atomic E-state index is 0.0374. The number of hydrogen-bond donors (Lipinski definition) is 3. The molecule has 0 fully saturated rings. The average molecular weight is 290 g/mol. The Morgan fingerprint density at radius 1 is 1.29 bits per heavy atom. The number of carboxylic acid groups (broad SMARTS) is 1. The van der Waals surface area contributed by atoms with Crippen LogP contribution in [0.1, 0.15) is 27.5 Å². The number of hydrogen-bond acceptors (Lipinski definition) is 5. The summed E-state index contributed by atoms with van der Waals surface area (Å²) in [5.41, 5.74) is 1.30. The van der Waals surface area contributed by atoms with E-state index in [9.17, 15) is 9.59 Å². The summed E-state index contributed by atoms with van der Waals surface area (Å²) in [5, 5.41) is 17.7. The summed E-state index contributed by atoms with van der Waals surface area (Å²) in [7, 11) is 0. The van der Waals surface area contributed by atoms with Crippen LogP contribution < -0.4 is 10.6 Å². The number of pyridine rings is 1. The monoisotopic (exact) mass is 290 g/mol. The van der Waals surface area contributed by atoms with E-state index < -0.39 is 5.97 Å². The Morgan fingerprint density at radius 3 is 2.62 bits per heavy atom. The first-order valence-electron chi connectivity index (χ1n) is 6.16. The lowest BCUT2D eigenvalue weighted by molar-refractivity contribution is 0.0690. The predicted octanol–water partition coefficient (Wildman–Crippen LogP) is 1.08. The minimum atomic E-state index is -1.09. The Morgan fingerprint density at radius 2 is 2.05 bits per heavy atom. The Kier molecular flexibility index (Phi) is 4.50. The van der Waals surface area contributed by atoms with Crippen LogP contribution in [-0.2, 0) is 13.1 Å². The van der Waals surface area contributed by atoms with Gasteiger partial charge in [0.1, 0.15) is 17.1 Å². The zero-order valence-corrected chi connectivity index (χ0v) is 11.3. The molecule has 8 heteroatoms. The highest BCUT2D eigenvalue weighted by atomic mass is 16.5. The Balaban J connectivity index is 1.77. The molecule has 0 bridgehead atoms. The number of amides is 2. The molecule has 2 aromatic rings. The molecule has 3 N–H and O–H groups in total. The first-order valence-corrected chi connectivity index (χ1v) is 6.16. The highest BCUT2D eigenvalue weighted by Gasteiger charge is 2.06. The van der Waals surface area contributed by atoms with Gasteiger partial charge in [0, 0.05) is 18.8 Å². The molecular weight excluding hydrogens is 276 g/mol. The number of carboxylic acids is 1. The summed E-state index contributed by atoms with van der Waals surface area (Å²) in [6.07, 6.45) is 1.41. The highest BCUT2D eigenvalue weighted by molar-refractivity contribution is 5.85. The van der Waals surface area contributed by atoms with Gasteiger partial charge in [0.15, 0.2) is 0 Å². The number of rotatable bonds is 5. The van der Waals surface area contributed by atoms with E-state index in [1.54, 1.807) is 19.1 Å². The zero-order valence-electron chi connectivity index (χ0n) is 11.3. The fraction of sp³-hybridized carbons (Fsp3) is 0.231.